The Morgan fingerprint density at radius 2 is 1.88 bits per heavy atom. The lowest BCUT2D eigenvalue weighted by molar-refractivity contribution is -0.151. The van der Waals surface area contributed by atoms with Crippen molar-refractivity contribution in [2.45, 2.75) is 51.2 Å². The number of rotatable bonds is 5. The molecule has 0 radical (unpaired) electrons. The molecular weight excluding hydrogens is 328 g/mol. The zero-order chi connectivity index (χ0) is 18.0. The molecule has 1 aromatic carbocycles. The third kappa shape index (κ3) is 4.69. The summed E-state index contributed by atoms with van der Waals surface area (Å²) in [7, 11) is 0. The number of piperidine rings is 1. The van der Waals surface area contributed by atoms with Gasteiger partial charge in [0.05, 0.1) is 5.60 Å². The van der Waals surface area contributed by atoms with E-state index in [9.17, 15) is 18.7 Å². The molecule has 2 fully saturated rings. The van der Waals surface area contributed by atoms with Crippen LogP contribution in [0.15, 0.2) is 24.3 Å². The number of amides is 1. The van der Waals surface area contributed by atoms with Crippen molar-refractivity contribution < 1.29 is 23.4 Å². The van der Waals surface area contributed by atoms with Crippen LogP contribution < -0.4 is 4.74 Å². The van der Waals surface area contributed by atoms with Crippen molar-refractivity contribution in [3.8, 4) is 5.75 Å². The Morgan fingerprint density at radius 1 is 1.28 bits per heavy atom. The summed E-state index contributed by atoms with van der Waals surface area (Å²) in [5.41, 5.74) is 0.431. The Kier molecular flexibility index (Phi) is 5.27. The molecule has 1 N–H and O–H groups in total. The summed E-state index contributed by atoms with van der Waals surface area (Å²) in [6.07, 6.45) is 3.92. The Balaban J connectivity index is 1.44. The van der Waals surface area contributed by atoms with Crippen LogP contribution in [0, 0.1) is 11.8 Å². The highest BCUT2D eigenvalue weighted by Crippen LogP contribution is 2.39. The minimum atomic E-state index is -2.80. The van der Waals surface area contributed by atoms with Gasteiger partial charge in [-0.2, -0.15) is 8.78 Å². The van der Waals surface area contributed by atoms with Gasteiger partial charge in [-0.25, -0.2) is 0 Å². The van der Waals surface area contributed by atoms with Gasteiger partial charge in [-0.1, -0.05) is 12.1 Å². The largest absolute Gasteiger partial charge is 0.435 e. The molecule has 25 heavy (non-hydrogen) atoms. The molecule has 3 rings (SSSR count). The molecule has 0 aromatic heterocycles. The summed E-state index contributed by atoms with van der Waals surface area (Å²) in [6, 6.07) is 6.79. The first-order chi connectivity index (χ1) is 11.8. The van der Waals surface area contributed by atoms with Gasteiger partial charge < -0.3 is 14.7 Å². The van der Waals surface area contributed by atoms with E-state index in [0.29, 0.717) is 18.8 Å². The average Bonchev–Trinajstić information content (AvgIpc) is 2.54. The first-order valence-electron chi connectivity index (χ1n) is 8.87. The molecule has 0 unspecified atom stereocenters. The third-order valence-corrected chi connectivity index (χ3v) is 5.32. The van der Waals surface area contributed by atoms with Gasteiger partial charge in [0.2, 0.25) is 5.91 Å². The second-order valence-corrected chi connectivity index (χ2v) is 7.60. The number of aliphatic hydroxyl groups is 1. The summed E-state index contributed by atoms with van der Waals surface area (Å²) in [4.78, 5) is 14.3. The Bertz CT molecular complexity index is 587. The van der Waals surface area contributed by atoms with Gasteiger partial charge in [-0.05, 0) is 62.6 Å². The minimum absolute atomic E-state index is 0.0195. The van der Waals surface area contributed by atoms with Crippen molar-refractivity contribution in [1.29, 1.82) is 0 Å². The number of likely N-dealkylation sites (tertiary alicyclic amines) is 1. The minimum Gasteiger partial charge on any atom is -0.435 e. The molecule has 0 atom stereocenters. The molecular formula is C19H25F2NO3. The second kappa shape index (κ2) is 7.28. The number of carbonyl (C=O) groups excluding carboxylic acids is 1. The standard InChI is InChI=1S/C19H25F2NO3/c1-19(24)11-15(12-19)17(23)22-8-6-14(7-9-22)10-13-2-4-16(5-3-13)25-18(20)21/h2-5,14-15,18,24H,6-12H2,1H3. The van der Waals surface area contributed by atoms with Crippen LogP contribution in [0.3, 0.4) is 0 Å². The fourth-order valence-corrected chi connectivity index (χ4v) is 3.93. The lowest BCUT2D eigenvalue weighted by atomic mass is 9.71. The van der Waals surface area contributed by atoms with Crippen molar-refractivity contribution in [2.75, 3.05) is 13.1 Å². The number of nitrogens with zero attached hydrogens (tertiary/aromatic N) is 1. The molecule has 1 aliphatic carbocycles. The van der Waals surface area contributed by atoms with Crippen LogP contribution in [0.25, 0.3) is 0 Å². The van der Waals surface area contributed by atoms with Crippen LogP contribution >= 0.6 is 0 Å². The molecule has 1 aliphatic heterocycles. The molecule has 2 aliphatic rings. The molecule has 0 spiro atoms. The highest BCUT2D eigenvalue weighted by molar-refractivity contribution is 5.80. The molecule has 1 amide bonds. The lowest BCUT2D eigenvalue weighted by Gasteiger charge is -2.43. The van der Waals surface area contributed by atoms with Gasteiger partial charge >= 0.3 is 6.61 Å². The molecule has 138 valence electrons. The zero-order valence-electron chi connectivity index (χ0n) is 14.5. The molecule has 1 saturated carbocycles. The monoisotopic (exact) mass is 353 g/mol. The van der Waals surface area contributed by atoms with Crippen LogP contribution in [0.2, 0.25) is 0 Å². The Morgan fingerprint density at radius 3 is 2.40 bits per heavy atom. The number of benzene rings is 1. The van der Waals surface area contributed by atoms with E-state index in [-0.39, 0.29) is 17.6 Å². The van der Waals surface area contributed by atoms with E-state index in [1.807, 2.05) is 17.0 Å². The van der Waals surface area contributed by atoms with Gasteiger partial charge in [0.15, 0.2) is 0 Å². The van der Waals surface area contributed by atoms with Gasteiger partial charge in [-0.3, -0.25) is 4.79 Å². The quantitative estimate of drug-likeness (QED) is 0.884. The SMILES string of the molecule is CC1(O)CC(C(=O)N2CCC(Cc3ccc(OC(F)F)cc3)CC2)C1. The first kappa shape index (κ1) is 18.1. The van der Waals surface area contributed by atoms with E-state index in [0.717, 1.165) is 37.9 Å². The van der Waals surface area contributed by atoms with Crippen molar-refractivity contribution in [2.24, 2.45) is 11.8 Å². The summed E-state index contributed by atoms with van der Waals surface area (Å²) in [6.45, 7) is 0.497. The topological polar surface area (TPSA) is 49.8 Å². The average molecular weight is 353 g/mol. The summed E-state index contributed by atoms with van der Waals surface area (Å²) < 4.78 is 28.7. The number of ether oxygens (including phenoxy) is 1. The summed E-state index contributed by atoms with van der Waals surface area (Å²) >= 11 is 0. The maximum Gasteiger partial charge on any atom is 0.387 e. The van der Waals surface area contributed by atoms with Crippen molar-refractivity contribution in [3.05, 3.63) is 29.8 Å². The van der Waals surface area contributed by atoms with Crippen LogP contribution in [0.5, 0.6) is 5.75 Å². The Hall–Kier alpha value is -1.69. The van der Waals surface area contributed by atoms with Gasteiger partial charge in [0.25, 0.3) is 0 Å². The summed E-state index contributed by atoms with van der Waals surface area (Å²) in [5, 5.41) is 9.78. The molecule has 0 bridgehead atoms. The molecule has 6 heteroatoms. The predicted octanol–water partition coefficient (Wildman–Crippen LogP) is 3.23. The predicted molar refractivity (Wildman–Crippen MR) is 89.4 cm³/mol. The second-order valence-electron chi connectivity index (χ2n) is 7.60. The number of hydrogen-bond acceptors (Lipinski definition) is 3. The van der Waals surface area contributed by atoms with E-state index in [1.165, 1.54) is 0 Å². The highest BCUT2D eigenvalue weighted by Gasteiger charge is 2.44. The van der Waals surface area contributed by atoms with Crippen molar-refractivity contribution in [1.82, 2.24) is 4.90 Å². The van der Waals surface area contributed by atoms with Crippen LogP contribution in [-0.2, 0) is 11.2 Å². The number of alkyl halides is 2. The maximum absolute atomic E-state index is 12.4. The Labute approximate surface area is 146 Å². The van der Waals surface area contributed by atoms with E-state index in [2.05, 4.69) is 4.74 Å². The van der Waals surface area contributed by atoms with E-state index >= 15 is 0 Å². The van der Waals surface area contributed by atoms with Gasteiger partial charge in [0.1, 0.15) is 5.75 Å². The zero-order valence-corrected chi connectivity index (χ0v) is 14.5. The van der Waals surface area contributed by atoms with E-state index in [1.54, 1.807) is 19.1 Å². The molecule has 1 saturated heterocycles. The molecule has 1 heterocycles. The highest BCUT2D eigenvalue weighted by atomic mass is 19.3. The lowest BCUT2D eigenvalue weighted by Crippen LogP contribution is -2.51. The van der Waals surface area contributed by atoms with Gasteiger partial charge in [-0.15, -0.1) is 0 Å². The number of halogens is 2. The third-order valence-electron chi connectivity index (χ3n) is 5.32. The van der Waals surface area contributed by atoms with Crippen molar-refractivity contribution >= 4 is 5.91 Å². The number of carbonyl (C=O) groups is 1. The van der Waals surface area contributed by atoms with Crippen molar-refractivity contribution in [3.63, 3.8) is 0 Å². The normalized spacial score (nSPS) is 27.2. The van der Waals surface area contributed by atoms with Crippen LogP contribution in [0.1, 0.15) is 38.2 Å². The van der Waals surface area contributed by atoms with Crippen LogP contribution in [0.4, 0.5) is 8.78 Å². The van der Waals surface area contributed by atoms with Gasteiger partial charge in [0, 0.05) is 19.0 Å². The van der Waals surface area contributed by atoms with E-state index < -0.39 is 12.2 Å². The van der Waals surface area contributed by atoms with Crippen LogP contribution in [-0.4, -0.2) is 41.2 Å². The molecule has 1 aromatic rings. The fourth-order valence-electron chi connectivity index (χ4n) is 3.93. The van der Waals surface area contributed by atoms with E-state index in [4.69, 9.17) is 0 Å². The molecule has 4 nitrogen and oxygen atoms in total. The first-order valence-corrected chi connectivity index (χ1v) is 8.87. The summed E-state index contributed by atoms with van der Waals surface area (Å²) in [5.74, 6) is 0.832. The maximum atomic E-state index is 12.4. The smallest absolute Gasteiger partial charge is 0.387 e. The number of hydrogen-bond donors (Lipinski definition) is 1. The fraction of sp³-hybridized carbons (Fsp3) is 0.632.